The molecule has 0 radical (unpaired) electrons. The zero-order chi connectivity index (χ0) is 64.8. The maximum atomic E-state index is 14.0. The molecule has 6 aromatic heterocycles. The fraction of sp³-hybridized carbons (Fsp3) is 0.368. The first-order valence-electron chi connectivity index (χ1n) is 31.2. The van der Waals surface area contributed by atoms with Crippen LogP contribution in [0.15, 0.2) is 128 Å². The first-order chi connectivity index (χ1) is 44.6. The highest BCUT2D eigenvalue weighted by Gasteiger charge is 2.27. The van der Waals surface area contributed by atoms with Gasteiger partial charge in [-0.15, -0.1) is 0 Å². The second-order valence-electron chi connectivity index (χ2n) is 22.7. The summed E-state index contributed by atoms with van der Waals surface area (Å²) in [5, 5.41) is 13.8. The van der Waals surface area contributed by atoms with Gasteiger partial charge in [0, 0.05) is 137 Å². The molecule has 0 bridgehead atoms. The van der Waals surface area contributed by atoms with E-state index < -0.39 is 0 Å². The monoisotopic (exact) mass is 1250 g/mol. The Morgan fingerprint density at radius 1 is 0.424 bits per heavy atom. The fourth-order valence-corrected chi connectivity index (χ4v) is 11.1. The van der Waals surface area contributed by atoms with E-state index >= 15 is 0 Å². The van der Waals surface area contributed by atoms with Gasteiger partial charge in [0.05, 0.1) is 24.2 Å². The molecule has 92 heavy (non-hydrogen) atoms. The zero-order valence-electron chi connectivity index (χ0n) is 53.2. The van der Waals surface area contributed by atoms with Crippen LogP contribution >= 0.6 is 0 Å². The molecule has 0 unspecified atom stereocenters. The molecule has 9 heterocycles. The molecule has 3 saturated heterocycles. The van der Waals surface area contributed by atoms with Crippen molar-refractivity contribution in [2.45, 2.75) is 80.4 Å². The van der Waals surface area contributed by atoms with Gasteiger partial charge >= 0.3 is 0 Å². The van der Waals surface area contributed by atoms with Gasteiger partial charge in [0.25, 0.3) is 0 Å². The topological polar surface area (TPSA) is 198 Å². The molecule has 0 N–H and O–H groups in total. The molecule has 0 saturated carbocycles. The average molecular weight is 1250 g/mol. The predicted molar refractivity (Wildman–Crippen MR) is 346 cm³/mol. The number of aromatic nitrogens is 11. The Kier molecular flexibility index (Phi) is 21.3. The first kappa shape index (κ1) is 65.0. The second-order valence-corrected chi connectivity index (χ2v) is 22.7. The van der Waals surface area contributed by atoms with Crippen molar-refractivity contribution >= 4 is 35.3 Å². The third kappa shape index (κ3) is 15.9. The van der Waals surface area contributed by atoms with E-state index in [1.807, 2.05) is 90.1 Å². The average Bonchev–Trinajstić information content (AvgIpc) is 1.75. The van der Waals surface area contributed by atoms with Gasteiger partial charge < -0.3 is 34.1 Å². The van der Waals surface area contributed by atoms with Gasteiger partial charge in [-0.3, -0.25) is 28.4 Å². The van der Waals surface area contributed by atoms with Gasteiger partial charge in [0.15, 0.2) is 0 Å². The number of aryl methyl sites for hydroxylation is 6. The van der Waals surface area contributed by atoms with Gasteiger partial charge in [-0.25, -0.2) is 38.1 Å². The van der Waals surface area contributed by atoms with Gasteiger partial charge in [0.1, 0.15) is 55.0 Å². The number of anilines is 3. The number of methoxy groups -OCH3 is 1. The highest BCUT2D eigenvalue weighted by Crippen LogP contribution is 2.27. The Labute approximate surface area is 534 Å². The van der Waals surface area contributed by atoms with Crippen molar-refractivity contribution in [1.82, 2.24) is 69.0 Å². The first-order valence-corrected chi connectivity index (χ1v) is 31.2. The minimum Gasteiger partial charge on any atom is -0.481 e. The summed E-state index contributed by atoms with van der Waals surface area (Å²) in [7, 11) is 1.57. The number of hydrogen-bond acceptors (Lipinski definition) is 15. The van der Waals surface area contributed by atoms with Crippen molar-refractivity contribution < 1.29 is 32.3 Å². The number of amides is 3. The molecule has 24 heteroatoms. The standard InChI is InChI=1S/C23H27FN6O2.C23H26FN5O.C22H25FN6O/c1-4-18-12-20(17-6-5-16(2)19(24)11-17)27-30(18)14-23(31)29-9-7-28(8-10-29)21-13-22(32-3)26-15-25-21;1-3-19-15-21(18-8-7-17(2)20(24)14-18)26-29(19)16-23(30)28-12-10-27(11-13-28)22-6-4-5-9-25-22;1-3-18-14-20(17-6-5-16(2)19(23)13-17)26-29(18)15-21(30)27-9-11-28(12-10-27)22-24-7-4-8-25-22/h5-6,11-13,15H,4,7-10,14H2,1-3H3;4-9,14-15H,3,10-13,16H2,1-2H3;4-8,13-14H,3,9-12,15H2,1-2H3. The number of pyridine rings is 1. The normalized spacial score (nSPS) is 14.2. The van der Waals surface area contributed by atoms with Crippen molar-refractivity contribution in [3.8, 4) is 39.7 Å². The minimum absolute atomic E-state index is 0.0179. The summed E-state index contributed by atoms with van der Waals surface area (Å²) in [4.78, 5) is 72.0. The van der Waals surface area contributed by atoms with Crippen LogP contribution in [0.3, 0.4) is 0 Å². The van der Waals surface area contributed by atoms with E-state index in [4.69, 9.17) is 4.74 Å². The van der Waals surface area contributed by atoms with Crippen LogP contribution in [0.25, 0.3) is 33.8 Å². The van der Waals surface area contributed by atoms with Crippen LogP contribution in [0.4, 0.5) is 30.8 Å². The van der Waals surface area contributed by atoms with E-state index in [1.165, 1.54) is 24.5 Å². The summed E-state index contributed by atoms with van der Waals surface area (Å²) in [6.07, 6.45) is 8.94. The fourth-order valence-electron chi connectivity index (χ4n) is 11.1. The third-order valence-electron chi connectivity index (χ3n) is 16.8. The molecule has 3 aliphatic heterocycles. The lowest BCUT2D eigenvalue weighted by Gasteiger charge is -2.35. The maximum absolute atomic E-state index is 14.0. The maximum Gasteiger partial charge on any atom is 0.244 e. The molecule has 3 fully saturated rings. The summed E-state index contributed by atoms with van der Waals surface area (Å²) >= 11 is 0. The van der Waals surface area contributed by atoms with Crippen LogP contribution in [0, 0.1) is 38.2 Å². The quantitative estimate of drug-likeness (QED) is 0.0890. The van der Waals surface area contributed by atoms with Crippen molar-refractivity contribution in [3.05, 3.63) is 179 Å². The van der Waals surface area contributed by atoms with Crippen LogP contribution in [-0.2, 0) is 53.3 Å². The van der Waals surface area contributed by atoms with Crippen LogP contribution in [-0.4, -0.2) is 172 Å². The van der Waals surface area contributed by atoms with Crippen molar-refractivity contribution in [2.24, 2.45) is 0 Å². The largest absolute Gasteiger partial charge is 0.481 e. The van der Waals surface area contributed by atoms with Gasteiger partial charge in [0.2, 0.25) is 29.5 Å². The Balaban J connectivity index is 0.000000151. The smallest absolute Gasteiger partial charge is 0.244 e. The van der Waals surface area contributed by atoms with Crippen molar-refractivity contribution in [3.63, 3.8) is 0 Å². The molecule has 21 nitrogen and oxygen atoms in total. The van der Waals surface area contributed by atoms with E-state index in [1.54, 1.807) is 90.8 Å². The summed E-state index contributed by atoms with van der Waals surface area (Å²) < 4.78 is 52.3. The molecular weight excluding hydrogens is 1180 g/mol. The molecule has 3 amide bonds. The predicted octanol–water partition coefficient (Wildman–Crippen LogP) is 8.71. The summed E-state index contributed by atoms with van der Waals surface area (Å²) in [6.45, 7) is 19.9. The highest BCUT2D eigenvalue weighted by molar-refractivity contribution is 5.78. The molecule has 480 valence electrons. The SMILES string of the molecule is CCc1cc(-c2ccc(C)c(F)c2)nn1CC(=O)N1CCN(c2cc(OC)ncn2)CC1.CCc1cc(-c2ccc(C)c(F)c2)nn1CC(=O)N1CCN(c2ccccn2)CC1.CCc1cc(-c2ccc(C)c(F)c2)nn1CC(=O)N1CCN(c2ncccn2)CC1. The van der Waals surface area contributed by atoms with E-state index in [0.29, 0.717) is 117 Å². The summed E-state index contributed by atoms with van der Waals surface area (Å²) in [5.41, 5.74) is 8.88. The molecule has 12 rings (SSSR count). The Morgan fingerprint density at radius 3 is 1.16 bits per heavy atom. The van der Waals surface area contributed by atoms with E-state index in [0.717, 1.165) is 72.2 Å². The van der Waals surface area contributed by atoms with E-state index in [2.05, 4.69) is 54.9 Å². The number of nitrogens with zero attached hydrogens (tertiary/aromatic N) is 17. The third-order valence-corrected chi connectivity index (χ3v) is 16.8. The van der Waals surface area contributed by atoms with Crippen LogP contribution in [0.1, 0.15) is 54.5 Å². The number of carbonyl (C=O) groups is 3. The number of benzene rings is 3. The molecule has 9 aromatic rings. The van der Waals surface area contributed by atoms with Crippen molar-refractivity contribution in [2.75, 3.05) is 100 Å². The lowest BCUT2D eigenvalue weighted by atomic mass is 10.1. The Morgan fingerprint density at radius 2 is 0.804 bits per heavy atom. The number of halogens is 3. The molecule has 3 aromatic carbocycles. The van der Waals surface area contributed by atoms with Crippen LogP contribution in [0.5, 0.6) is 5.88 Å². The molecule has 0 aliphatic carbocycles. The van der Waals surface area contributed by atoms with Gasteiger partial charge in [-0.1, -0.05) is 63.2 Å². The second kappa shape index (κ2) is 30.2. The number of carbonyl (C=O) groups excluding carboxylic acids is 3. The van der Waals surface area contributed by atoms with Crippen LogP contribution < -0.4 is 19.4 Å². The summed E-state index contributed by atoms with van der Waals surface area (Å²) in [6, 6.07) is 30.6. The number of piperazine rings is 3. The van der Waals surface area contributed by atoms with Crippen molar-refractivity contribution in [1.29, 1.82) is 0 Å². The molecule has 0 spiro atoms. The Bertz CT molecular complexity index is 3800. The Hall–Kier alpha value is -10.00. The van der Waals surface area contributed by atoms with Crippen LogP contribution in [0.2, 0.25) is 0 Å². The van der Waals surface area contributed by atoms with E-state index in [-0.39, 0.29) is 54.8 Å². The summed E-state index contributed by atoms with van der Waals surface area (Å²) in [5.74, 6) is 2.29. The van der Waals surface area contributed by atoms with Gasteiger partial charge in [-0.2, -0.15) is 15.3 Å². The van der Waals surface area contributed by atoms with Gasteiger partial charge in [-0.05, 0) is 111 Å². The lowest BCUT2D eigenvalue weighted by molar-refractivity contribution is -0.133. The zero-order valence-corrected chi connectivity index (χ0v) is 53.2. The number of hydrogen-bond donors (Lipinski definition) is 0. The van der Waals surface area contributed by atoms with E-state index in [9.17, 15) is 27.6 Å². The molecule has 3 aliphatic rings. The number of ether oxygens (including phenoxy) is 1. The number of rotatable bonds is 16. The highest BCUT2D eigenvalue weighted by atomic mass is 19.1. The molecule has 0 atom stereocenters. The minimum atomic E-state index is -0.259. The lowest BCUT2D eigenvalue weighted by Crippen LogP contribution is -2.50. The molecular formula is C68H78F3N17O4.